The van der Waals surface area contributed by atoms with Gasteiger partial charge in [0.15, 0.2) is 6.10 Å². The lowest BCUT2D eigenvalue weighted by Crippen LogP contribution is -2.30. The van der Waals surface area contributed by atoms with Crippen LogP contribution >= 0.6 is 0 Å². The molecule has 176 valence electrons. The summed E-state index contributed by atoms with van der Waals surface area (Å²) in [5.41, 5.74) is 0.726. The van der Waals surface area contributed by atoms with Crippen molar-refractivity contribution in [2.75, 3.05) is 16.7 Å². The molecule has 0 aliphatic rings. The Kier molecular flexibility index (Phi) is 7.27. The van der Waals surface area contributed by atoms with Crippen LogP contribution < -0.4 is 9.62 Å². The molecule has 0 bridgehead atoms. The van der Waals surface area contributed by atoms with E-state index in [0.717, 1.165) is 4.31 Å². The lowest BCUT2D eigenvalue weighted by Gasteiger charge is -2.19. The van der Waals surface area contributed by atoms with Crippen LogP contribution in [-0.2, 0) is 19.6 Å². The number of rotatable bonds is 8. The fourth-order valence-electron chi connectivity index (χ4n) is 2.89. The molecule has 1 N–H and O–H groups in total. The summed E-state index contributed by atoms with van der Waals surface area (Å²) < 4.78 is 31.9. The van der Waals surface area contributed by atoms with E-state index >= 15 is 0 Å². The van der Waals surface area contributed by atoms with E-state index in [1.54, 1.807) is 30.3 Å². The van der Waals surface area contributed by atoms with Gasteiger partial charge in [-0.3, -0.25) is 19.2 Å². The minimum Gasteiger partial charge on any atom is -0.449 e. The fraction of sp³-hybridized carbons (Fsp3) is 0.130. The molecule has 0 fully saturated rings. The fourth-order valence-corrected chi connectivity index (χ4v) is 4.09. The van der Waals surface area contributed by atoms with Crippen molar-refractivity contribution in [3.63, 3.8) is 0 Å². The first-order valence-corrected chi connectivity index (χ1v) is 11.4. The monoisotopic (exact) mass is 483 g/mol. The zero-order chi connectivity index (χ0) is 24.9. The molecular formula is C23H21N3O7S. The van der Waals surface area contributed by atoms with E-state index in [2.05, 4.69) is 5.32 Å². The molecule has 1 amide bonds. The number of nitrogens with zero attached hydrogens (tertiary/aromatic N) is 2. The Hall–Kier alpha value is -4.25. The van der Waals surface area contributed by atoms with Crippen molar-refractivity contribution in [1.29, 1.82) is 0 Å². The summed E-state index contributed by atoms with van der Waals surface area (Å²) in [6, 6.07) is 18.9. The number of amides is 1. The minimum atomic E-state index is -3.84. The van der Waals surface area contributed by atoms with E-state index in [9.17, 15) is 28.1 Å². The SMILES string of the molecule is CC(OC(=O)c1ccc(S(=O)(=O)N(C)c2ccccc2)cc1)C(=O)Nc1ccc([N+](=O)[O-])cc1. The molecule has 0 heterocycles. The molecule has 3 rings (SSSR count). The first-order chi connectivity index (χ1) is 16.1. The highest BCUT2D eigenvalue weighted by atomic mass is 32.2. The Morgan fingerprint density at radius 1 is 0.971 bits per heavy atom. The molecule has 0 aromatic heterocycles. The number of ether oxygens (including phenoxy) is 1. The smallest absolute Gasteiger partial charge is 0.338 e. The topological polar surface area (TPSA) is 136 Å². The number of nitro groups is 1. The third-order valence-electron chi connectivity index (χ3n) is 4.87. The predicted molar refractivity (Wildman–Crippen MR) is 125 cm³/mol. The van der Waals surface area contributed by atoms with Gasteiger partial charge in [-0.25, -0.2) is 13.2 Å². The second kappa shape index (κ2) is 10.1. The quantitative estimate of drug-likeness (QED) is 0.294. The molecule has 1 unspecified atom stereocenters. The normalized spacial score (nSPS) is 11.8. The van der Waals surface area contributed by atoms with E-state index in [0.29, 0.717) is 11.4 Å². The van der Waals surface area contributed by atoms with E-state index in [1.165, 1.54) is 62.5 Å². The molecule has 34 heavy (non-hydrogen) atoms. The van der Waals surface area contributed by atoms with Gasteiger partial charge in [0.1, 0.15) is 0 Å². The summed E-state index contributed by atoms with van der Waals surface area (Å²) >= 11 is 0. The summed E-state index contributed by atoms with van der Waals surface area (Å²) in [7, 11) is -2.41. The molecule has 10 nitrogen and oxygen atoms in total. The average molecular weight is 484 g/mol. The van der Waals surface area contributed by atoms with Crippen LogP contribution in [0.2, 0.25) is 0 Å². The first kappa shape index (κ1) is 24.4. The van der Waals surface area contributed by atoms with Crippen molar-refractivity contribution in [3.05, 3.63) is 94.5 Å². The number of hydrogen-bond donors (Lipinski definition) is 1. The molecule has 0 radical (unpaired) electrons. The largest absolute Gasteiger partial charge is 0.449 e. The van der Waals surface area contributed by atoms with Gasteiger partial charge in [-0.05, 0) is 55.5 Å². The number of non-ortho nitro benzene ring substituents is 1. The highest BCUT2D eigenvalue weighted by Gasteiger charge is 2.23. The van der Waals surface area contributed by atoms with Gasteiger partial charge in [0.2, 0.25) is 0 Å². The zero-order valence-corrected chi connectivity index (χ0v) is 19.1. The van der Waals surface area contributed by atoms with E-state index in [1.807, 2.05) is 0 Å². The molecule has 11 heteroatoms. The van der Waals surface area contributed by atoms with Crippen LogP contribution in [0.3, 0.4) is 0 Å². The van der Waals surface area contributed by atoms with E-state index in [-0.39, 0.29) is 16.1 Å². The standard InChI is InChI=1S/C23H21N3O7S/c1-16(22(27)24-18-10-12-20(13-11-18)26(29)30)33-23(28)17-8-14-21(15-9-17)34(31,32)25(2)19-6-4-3-5-7-19/h3-16H,1-2H3,(H,24,27). The summed E-state index contributed by atoms with van der Waals surface area (Å²) in [5, 5.41) is 13.2. The predicted octanol–water partition coefficient (Wildman–Crippen LogP) is 3.60. The van der Waals surface area contributed by atoms with Crippen molar-refractivity contribution in [2.24, 2.45) is 0 Å². The van der Waals surface area contributed by atoms with Crippen molar-refractivity contribution < 1.29 is 27.7 Å². The van der Waals surface area contributed by atoms with Crippen LogP contribution in [-0.4, -0.2) is 38.4 Å². The number of nitrogens with one attached hydrogen (secondary N) is 1. The van der Waals surface area contributed by atoms with Gasteiger partial charge in [0.25, 0.3) is 21.6 Å². The van der Waals surface area contributed by atoms with Crippen LogP contribution in [0.5, 0.6) is 0 Å². The van der Waals surface area contributed by atoms with Crippen LogP contribution in [0.1, 0.15) is 17.3 Å². The number of benzene rings is 3. The Morgan fingerprint density at radius 2 is 1.56 bits per heavy atom. The number of esters is 1. The van der Waals surface area contributed by atoms with Crippen LogP contribution in [0.4, 0.5) is 17.1 Å². The molecule has 0 aliphatic carbocycles. The van der Waals surface area contributed by atoms with Crippen LogP contribution in [0, 0.1) is 10.1 Å². The van der Waals surface area contributed by atoms with Crippen LogP contribution in [0.15, 0.2) is 83.8 Å². The number of hydrogen-bond acceptors (Lipinski definition) is 7. The molecule has 0 saturated carbocycles. The summed E-state index contributed by atoms with van der Waals surface area (Å²) in [6.07, 6.45) is -1.17. The molecular weight excluding hydrogens is 462 g/mol. The van der Waals surface area contributed by atoms with Gasteiger partial charge in [-0.1, -0.05) is 18.2 Å². The van der Waals surface area contributed by atoms with Crippen molar-refractivity contribution >= 4 is 39.0 Å². The Balaban J connectivity index is 1.63. The van der Waals surface area contributed by atoms with Gasteiger partial charge in [-0.2, -0.15) is 0 Å². The van der Waals surface area contributed by atoms with E-state index in [4.69, 9.17) is 4.74 Å². The van der Waals surface area contributed by atoms with Crippen LogP contribution in [0.25, 0.3) is 0 Å². The second-order valence-electron chi connectivity index (χ2n) is 7.17. The lowest BCUT2D eigenvalue weighted by atomic mass is 10.2. The van der Waals surface area contributed by atoms with Gasteiger partial charge in [-0.15, -0.1) is 0 Å². The molecule has 0 aliphatic heterocycles. The van der Waals surface area contributed by atoms with Gasteiger partial charge in [0.05, 0.1) is 21.1 Å². The Morgan fingerprint density at radius 3 is 2.12 bits per heavy atom. The number of para-hydroxylation sites is 1. The van der Waals surface area contributed by atoms with Gasteiger partial charge < -0.3 is 10.1 Å². The highest BCUT2D eigenvalue weighted by molar-refractivity contribution is 7.92. The number of anilines is 2. The first-order valence-electron chi connectivity index (χ1n) is 10.00. The third kappa shape index (κ3) is 5.56. The lowest BCUT2D eigenvalue weighted by molar-refractivity contribution is -0.384. The Bertz CT molecular complexity index is 1290. The maximum absolute atomic E-state index is 12.8. The van der Waals surface area contributed by atoms with E-state index < -0.39 is 32.9 Å². The number of nitro benzene ring substituents is 1. The second-order valence-corrected chi connectivity index (χ2v) is 9.14. The molecule has 1 atom stereocenters. The average Bonchev–Trinajstić information content (AvgIpc) is 2.84. The Labute approximate surface area is 196 Å². The van der Waals surface area contributed by atoms with Crippen molar-refractivity contribution in [2.45, 2.75) is 17.9 Å². The molecule has 0 saturated heterocycles. The minimum absolute atomic E-state index is 0.0145. The van der Waals surface area contributed by atoms with Gasteiger partial charge >= 0.3 is 5.97 Å². The molecule has 0 spiro atoms. The highest BCUT2D eigenvalue weighted by Crippen LogP contribution is 2.22. The van der Waals surface area contributed by atoms with Crippen molar-refractivity contribution in [1.82, 2.24) is 0 Å². The van der Waals surface area contributed by atoms with Crippen molar-refractivity contribution in [3.8, 4) is 0 Å². The summed E-state index contributed by atoms with van der Waals surface area (Å²) in [5.74, 6) is -1.45. The summed E-state index contributed by atoms with van der Waals surface area (Å²) in [6.45, 7) is 1.37. The molecule has 3 aromatic rings. The summed E-state index contributed by atoms with van der Waals surface area (Å²) in [4.78, 5) is 34.8. The zero-order valence-electron chi connectivity index (χ0n) is 18.2. The number of carbonyl (C=O) groups is 2. The maximum Gasteiger partial charge on any atom is 0.338 e. The third-order valence-corrected chi connectivity index (χ3v) is 6.67. The van der Waals surface area contributed by atoms with Gasteiger partial charge in [0, 0.05) is 24.9 Å². The number of sulfonamides is 1. The number of carbonyl (C=O) groups excluding carboxylic acids is 2. The molecule has 3 aromatic carbocycles. The maximum atomic E-state index is 12.8.